The highest BCUT2D eigenvalue weighted by Gasteiger charge is 2.37. The molecule has 6 heteroatoms. The zero-order chi connectivity index (χ0) is 26.3. The van der Waals surface area contributed by atoms with Gasteiger partial charge in [-0.3, -0.25) is 0 Å². The van der Waals surface area contributed by atoms with Gasteiger partial charge in [0.15, 0.2) is 11.8 Å². The molecule has 39 heavy (non-hydrogen) atoms. The number of aliphatic imine (C=N–C) groups is 2. The van der Waals surface area contributed by atoms with Gasteiger partial charge in [0.05, 0.1) is 6.42 Å². The standard InChI is InChI=1S/C33H30N2O2S2/c1-5-13-24(14-6-1)32-28(22-38-26-17-9-3-10-18-26)34-30(36-32)21-31-35-29(23-39-27-19-11-4-12-20-27)33(37-31)25-15-7-2-8-16-25/h1-20,28-29,32-33H,21-23H2/t28-,29-,32-,33-/m0/s1. The zero-order valence-corrected chi connectivity index (χ0v) is 23.1. The monoisotopic (exact) mass is 550 g/mol. The third kappa shape index (κ3) is 6.57. The highest BCUT2D eigenvalue weighted by molar-refractivity contribution is 7.99. The van der Waals surface area contributed by atoms with Gasteiger partial charge in [-0.2, -0.15) is 0 Å². The van der Waals surface area contributed by atoms with Crippen LogP contribution in [0, 0.1) is 0 Å². The summed E-state index contributed by atoms with van der Waals surface area (Å²) in [6.07, 6.45) is 0.230. The van der Waals surface area contributed by atoms with E-state index in [1.807, 2.05) is 47.8 Å². The van der Waals surface area contributed by atoms with Gasteiger partial charge in [0.25, 0.3) is 0 Å². The van der Waals surface area contributed by atoms with Crippen molar-refractivity contribution in [3.63, 3.8) is 0 Å². The molecule has 0 unspecified atom stereocenters. The second-order valence-corrected chi connectivity index (χ2v) is 11.7. The first kappa shape index (κ1) is 25.8. The Morgan fingerprint density at radius 1 is 0.487 bits per heavy atom. The molecule has 2 aliphatic heterocycles. The van der Waals surface area contributed by atoms with Gasteiger partial charge in [-0.15, -0.1) is 23.5 Å². The van der Waals surface area contributed by atoms with E-state index >= 15 is 0 Å². The molecule has 4 aromatic rings. The molecule has 6 rings (SSSR count). The molecule has 0 saturated carbocycles. The van der Waals surface area contributed by atoms with Crippen molar-refractivity contribution >= 4 is 35.3 Å². The normalized spacial score (nSPS) is 22.1. The molecule has 0 amide bonds. The first-order chi connectivity index (χ1) is 19.3. The number of hydrogen-bond donors (Lipinski definition) is 0. The average molecular weight is 551 g/mol. The lowest BCUT2D eigenvalue weighted by atomic mass is 10.0. The smallest absolute Gasteiger partial charge is 0.193 e. The van der Waals surface area contributed by atoms with E-state index in [0.29, 0.717) is 18.2 Å². The van der Waals surface area contributed by atoms with Gasteiger partial charge in [0.2, 0.25) is 0 Å². The number of thioether (sulfide) groups is 2. The highest BCUT2D eigenvalue weighted by Crippen LogP contribution is 2.37. The Kier molecular flexibility index (Phi) is 8.32. The molecule has 0 spiro atoms. The molecular weight excluding hydrogens is 521 g/mol. The Bertz CT molecular complexity index is 1290. The second kappa shape index (κ2) is 12.6. The summed E-state index contributed by atoms with van der Waals surface area (Å²) < 4.78 is 13.0. The minimum Gasteiger partial charge on any atom is -0.470 e. The van der Waals surface area contributed by atoms with Crippen LogP contribution in [0.3, 0.4) is 0 Å². The fourth-order valence-corrected chi connectivity index (χ4v) is 6.76. The van der Waals surface area contributed by atoms with Gasteiger partial charge in [-0.05, 0) is 35.4 Å². The molecule has 0 bridgehead atoms. The average Bonchev–Trinajstić information content (AvgIpc) is 3.61. The molecule has 0 saturated heterocycles. The fourth-order valence-electron chi connectivity index (χ4n) is 4.83. The van der Waals surface area contributed by atoms with Crippen molar-refractivity contribution in [3.8, 4) is 0 Å². The van der Waals surface area contributed by atoms with Crippen LogP contribution in [0.4, 0.5) is 0 Å². The van der Waals surface area contributed by atoms with E-state index in [0.717, 1.165) is 22.6 Å². The van der Waals surface area contributed by atoms with Gasteiger partial charge < -0.3 is 9.47 Å². The summed E-state index contributed by atoms with van der Waals surface area (Å²) in [7, 11) is 0. The SMILES string of the molecule is c1ccc(SC[C@@H]2N=C(CC3=N[C@@H](CSc4ccccc4)[C@H](c4ccccc4)O3)O[C@H]2c2ccccc2)cc1. The summed E-state index contributed by atoms with van der Waals surface area (Å²) in [6.45, 7) is 0. The van der Waals surface area contributed by atoms with E-state index < -0.39 is 0 Å². The first-order valence-corrected chi connectivity index (χ1v) is 15.2. The number of hydrogen-bond acceptors (Lipinski definition) is 6. The maximum absolute atomic E-state index is 6.49. The van der Waals surface area contributed by atoms with E-state index in [1.165, 1.54) is 9.79 Å². The summed E-state index contributed by atoms with van der Waals surface area (Å²) >= 11 is 3.62. The van der Waals surface area contributed by atoms with Crippen molar-refractivity contribution < 1.29 is 9.47 Å². The van der Waals surface area contributed by atoms with Crippen molar-refractivity contribution in [1.29, 1.82) is 0 Å². The summed E-state index contributed by atoms with van der Waals surface area (Å²) in [5, 5.41) is 0. The molecule has 4 atom stereocenters. The third-order valence-corrected chi connectivity index (χ3v) is 8.96. The van der Waals surface area contributed by atoms with Crippen LogP contribution in [0.5, 0.6) is 0 Å². The van der Waals surface area contributed by atoms with Gasteiger partial charge in [0.1, 0.15) is 24.3 Å². The van der Waals surface area contributed by atoms with E-state index in [-0.39, 0.29) is 24.3 Å². The summed E-state index contributed by atoms with van der Waals surface area (Å²) in [5.41, 5.74) is 2.28. The fraction of sp³-hybridized carbons (Fsp3) is 0.212. The van der Waals surface area contributed by atoms with Crippen LogP contribution in [-0.4, -0.2) is 35.4 Å². The largest absolute Gasteiger partial charge is 0.470 e. The lowest BCUT2D eigenvalue weighted by Gasteiger charge is -2.18. The van der Waals surface area contributed by atoms with Crippen molar-refractivity contribution in [2.45, 2.75) is 40.5 Å². The maximum atomic E-state index is 6.49. The predicted octanol–water partition coefficient (Wildman–Crippen LogP) is 8.04. The Morgan fingerprint density at radius 2 is 0.846 bits per heavy atom. The molecule has 2 aliphatic rings. The third-order valence-electron chi connectivity index (χ3n) is 6.73. The van der Waals surface area contributed by atoms with Crippen LogP contribution in [0.1, 0.15) is 29.8 Å². The lowest BCUT2D eigenvalue weighted by molar-refractivity contribution is 0.189. The highest BCUT2D eigenvalue weighted by atomic mass is 32.2. The van der Waals surface area contributed by atoms with Crippen molar-refractivity contribution in [3.05, 3.63) is 132 Å². The van der Waals surface area contributed by atoms with Gasteiger partial charge in [0, 0.05) is 21.3 Å². The minimum absolute atomic E-state index is 0.0176. The van der Waals surface area contributed by atoms with E-state index in [2.05, 4.69) is 97.1 Å². The molecular formula is C33H30N2O2S2. The number of nitrogens with zero attached hydrogens (tertiary/aromatic N) is 2. The summed E-state index contributed by atoms with van der Waals surface area (Å²) in [6, 6.07) is 41.7. The Balaban J connectivity index is 1.19. The molecule has 0 aromatic heterocycles. The molecule has 0 aliphatic carbocycles. The molecule has 196 valence electrons. The topological polar surface area (TPSA) is 43.2 Å². The number of benzene rings is 4. The summed E-state index contributed by atoms with van der Waals surface area (Å²) in [5.74, 6) is 3.07. The van der Waals surface area contributed by atoms with E-state index in [4.69, 9.17) is 19.5 Å². The predicted molar refractivity (Wildman–Crippen MR) is 162 cm³/mol. The van der Waals surface area contributed by atoms with Crippen LogP contribution < -0.4 is 0 Å². The molecule has 4 nitrogen and oxygen atoms in total. The van der Waals surface area contributed by atoms with Gasteiger partial charge >= 0.3 is 0 Å². The zero-order valence-electron chi connectivity index (χ0n) is 21.5. The number of ether oxygens (including phenoxy) is 2. The molecule has 0 radical (unpaired) electrons. The van der Waals surface area contributed by atoms with Crippen LogP contribution >= 0.6 is 23.5 Å². The molecule has 4 aromatic carbocycles. The summed E-state index contributed by atoms with van der Waals surface area (Å²) in [4.78, 5) is 12.6. The van der Waals surface area contributed by atoms with Gasteiger partial charge in [-0.1, -0.05) is 97.1 Å². The minimum atomic E-state index is -0.117. The lowest BCUT2D eigenvalue weighted by Crippen LogP contribution is -2.17. The quantitative estimate of drug-likeness (QED) is 0.187. The Morgan fingerprint density at radius 3 is 1.23 bits per heavy atom. The molecule has 2 heterocycles. The Hall–Kier alpha value is -3.48. The van der Waals surface area contributed by atoms with E-state index in [1.54, 1.807) is 0 Å². The van der Waals surface area contributed by atoms with Crippen molar-refractivity contribution in [2.75, 3.05) is 11.5 Å². The molecule has 0 N–H and O–H groups in total. The van der Waals surface area contributed by atoms with Crippen LogP contribution in [0.15, 0.2) is 141 Å². The van der Waals surface area contributed by atoms with Gasteiger partial charge in [-0.25, -0.2) is 9.98 Å². The van der Waals surface area contributed by atoms with E-state index in [9.17, 15) is 0 Å². The first-order valence-electron chi connectivity index (χ1n) is 13.2. The molecule has 0 fully saturated rings. The second-order valence-electron chi connectivity index (χ2n) is 9.50. The number of rotatable bonds is 10. The van der Waals surface area contributed by atoms with Crippen LogP contribution in [-0.2, 0) is 9.47 Å². The van der Waals surface area contributed by atoms with Crippen LogP contribution in [0.25, 0.3) is 0 Å². The van der Waals surface area contributed by atoms with Crippen molar-refractivity contribution in [2.24, 2.45) is 9.98 Å². The Labute approximate surface area is 238 Å². The van der Waals surface area contributed by atoms with Crippen LogP contribution in [0.2, 0.25) is 0 Å². The van der Waals surface area contributed by atoms with Crippen molar-refractivity contribution in [1.82, 2.24) is 0 Å². The maximum Gasteiger partial charge on any atom is 0.193 e.